The summed E-state index contributed by atoms with van der Waals surface area (Å²) in [5.74, 6) is 0.472. The van der Waals surface area contributed by atoms with E-state index in [1.165, 1.54) is 15.6 Å². The maximum absolute atomic E-state index is 12.5. The summed E-state index contributed by atoms with van der Waals surface area (Å²) in [5, 5.41) is 5.28. The molecule has 0 unspecified atom stereocenters. The van der Waals surface area contributed by atoms with Crippen molar-refractivity contribution in [2.24, 2.45) is 0 Å². The number of ether oxygens (including phenoxy) is 1. The number of thiazole rings is 1. The van der Waals surface area contributed by atoms with Crippen LogP contribution in [0.25, 0.3) is 10.6 Å². The van der Waals surface area contributed by atoms with Crippen LogP contribution in [0.3, 0.4) is 0 Å². The minimum Gasteiger partial charge on any atom is -0.497 e. The van der Waals surface area contributed by atoms with Gasteiger partial charge in [0.25, 0.3) is 5.91 Å². The molecule has 1 aromatic heterocycles. The van der Waals surface area contributed by atoms with Crippen molar-refractivity contribution >= 4 is 27.3 Å². The van der Waals surface area contributed by atoms with Gasteiger partial charge in [0, 0.05) is 30.6 Å². The fourth-order valence-electron chi connectivity index (χ4n) is 2.74. The van der Waals surface area contributed by atoms with Gasteiger partial charge in [-0.15, -0.1) is 11.3 Å². The van der Waals surface area contributed by atoms with Crippen molar-refractivity contribution in [1.29, 1.82) is 0 Å². The van der Waals surface area contributed by atoms with E-state index in [1.807, 2.05) is 38.1 Å². The van der Waals surface area contributed by atoms with Crippen molar-refractivity contribution in [3.05, 3.63) is 65.2 Å². The van der Waals surface area contributed by atoms with Crippen LogP contribution in [0.15, 0.2) is 58.8 Å². The first-order chi connectivity index (χ1) is 14.7. The van der Waals surface area contributed by atoms with Crippen molar-refractivity contribution < 1.29 is 17.9 Å². The number of methoxy groups -OCH3 is 1. The topological polar surface area (TPSA) is 88.6 Å². The van der Waals surface area contributed by atoms with Gasteiger partial charge in [0.2, 0.25) is 10.0 Å². The van der Waals surface area contributed by atoms with Gasteiger partial charge in [-0.3, -0.25) is 4.79 Å². The number of benzene rings is 2. The van der Waals surface area contributed by atoms with Crippen LogP contribution in [-0.2, 0) is 16.6 Å². The van der Waals surface area contributed by atoms with Crippen LogP contribution >= 0.6 is 11.3 Å². The Morgan fingerprint density at radius 2 is 1.77 bits per heavy atom. The predicted octanol–water partition coefficient (Wildman–Crippen LogP) is 3.78. The summed E-state index contributed by atoms with van der Waals surface area (Å²) in [7, 11) is -0.362. The molecule has 0 spiro atoms. The monoisotopic (exact) mass is 459 g/mol. The van der Waals surface area contributed by atoms with Crippen molar-refractivity contribution in [3.8, 4) is 16.3 Å². The summed E-state index contributed by atoms with van der Waals surface area (Å²) in [4.78, 5) is 17.1. The lowest BCUT2D eigenvalue weighted by Gasteiger charge is -2.21. The molecule has 1 heterocycles. The summed E-state index contributed by atoms with van der Waals surface area (Å²) < 4.78 is 31.5. The van der Waals surface area contributed by atoms with Crippen LogP contribution < -0.4 is 10.1 Å². The second-order valence-corrected chi connectivity index (χ2v) is 10.1. The first kappa shape index (κ1) is 22.9. The third-order valence-corrected chi connectivity index (χ3v) is 7.79. The van der Waals surface area contributed by atoms with Crippen LogP contribution in [0.2, 0.25) is 0 Å². The molecule has 1 N–H and O–H groups in total. The van der Waals surface area contributed by atoms with Crippen LogP contribution in [0.5, 0.6) is 5.75 Å². The number of hydrogen-bond acceptors (Lipinski definition) is 6. The Balaban J connectivity index is 1.63. The van der Waals surface area contributed by atoms with Crippen LogP contribution in [0.1, 0.15) is 29.9 Å². The standard InChI is InChI=1S/C22H25N3O4S2/c1-15(2)25(3)31(27,28)19-11-5-16(6-12-19)13-23-21(26)20-14-30-22(24-20)17-7-9-18(29-4)10-8-17/h5-12,14-15H,13H2,1-4H3,(H,23,26). The first-order valence-electron chi connectivity index (χ1n) is 9.67. The summed E-state index contributed by atoms with van der Waals surface area (Å²) in [6.45, 7) is 3.91. The molecule has 1 amide bonds. The maximum Gasteiger partial charge on any atom is 0.271 e. The van der Waals surface area contributed by atoms with Gasteiger partial charge in [0.1, 0.15) is 16.5 Å². The second-order valence-electron chi connectivity index (χ2n) is 7.21. The van der Waals surface area contributed by atoms with E-state index in [1.54, 1.807) is 43.8 Å². The van der Waals surface area contributed by atoms with E-state index in [-0.39, 0.29) is 23.4 Å². The molecule has 0 aliphatic heterocycles. The van der Waals surface area contributed by atoms with Gasteiger partial charge < -0.3 is 10.1 Å². The van der Waals surface area contributed by atoms with E-state index in [9.17, 15) is 13.2 Å². The molecule has 0 saturated carbocycles. The summed E-state index contributed by atoms with van der Waals surface area (Å²) in [6, 6.07) is 13.9. The lowest BCUT2D eigenvalue weighted by Crippen LogP contribution is -2.33. The quantitative estimate of drug-likeness (QED) is 0.554. The highest BCUT2D eigenvalue weighted by Gasteiger charge is 2.22. The number of rotatable bonds is 8. The average molecular weight is 460 g/mol. The molecule has 0 aliphatic rings. The van der Waals surface area contributed by atoms with Gasteiger partial charge >= 0.3 is 0 Å². The Hall–Kier alpha value is -2.75. The average Bonchev–Trinajstić information content (AvgIpc) is 3.27. The molecule has 9 heteroatoms. The van der Waals surface area contributed by atoms with Crippen molar-refractivity contribution in [2.45, 2.75) is 31.3 Å². The summed E-state index contributed by atoms with van der Waals surface area (Å²) in [6.07, 6.45) is 0. The molecule has 31 heavy (non-hydrogen) atoms. The molecule has 164 valence electrons. The molecule has 2 aromatic carbocycles. The molecule has 3 rings (SSSR count). The predicted molar refractivity (Wildman–Crippen MR) is 122 cm³/mol. The van der Waals surface area contributed by atoms with Crippen LogP contribution in [0, 0.1) is 0 Å². The fourth-order valence-corrected chi connectivity index (χ4v) is 4.91. The normalized spacial score (nSPS) is 11.7. The highest BCUT2D eigenvalue weighted by Crippen LogP contribution is 2.25. The maximum atomic E-state index is 12.5. The number of hydrogen-bond donors (Lipinski definition) is 1. The van der Waals surface area contributed by atoms with Gasteiger partial charge in [-0.1, -0.05) is 12.1 Å². The summed E-state index contributed by atoms with van der Waals surface area (Å²) in [5.41, 5.74) is 2.05. The van der Waals surface area contributed by atoms with Gasteiger partial charge in [-0.2, -0.15) is 4.31 Å². The molecule has 0 fully saturated rings. The van der Waals surface area contributed by atoms with Crippen molar-refractivity contribution in [1.82, 2.24) is 14.6 Å². The Labute approximate surface area is 186 Å². The van der Waals surface area contributed by atoms with Crippen LogP contribution in [-0.4, -0.2) is 43.8 Å². The number of sulfonamides is 1. The first-order valence-corrected chi connectivity index (χ1v) is 12.0. The zero-order chi connectivity index (χ0) is 22.6. The number of carbonyl (C=O) groups is 1. The third-order valence-electron chi connectivity index (χ3n) is 4.85. The summed E-state index contributed by atoms with van der Waals surface area (Å²) >= 11 is 1.39. The van der Waals surface area contributed by atoms with Crippen LogP contribution in [0.4, 0.5) is 0 Å². The van der Waals surface area contributed by atoms with E-state index in [0.717, 1.165) is 21.9 Å². The molecular weight excluding hydrogens is 434 g/mol. The Kier molecular flexibility index (Phi) is 7.09. The molecule has 0 bridgehead atoms. The number of nitrogens with one attached hydrogen (secondary N) is 1. The molecule has 7 nitrogen and oxygen atoms in total. The number of nitrogens with zero attached hydrogens (tertiary/aromatic N) is 2. The van der Waals surface area contributed by atoms with E-state index in [4.69, 9.17) is 4.74 Å². The van der Waals surface area contributed by atoms with E-state index in [0.29, 0.717) is 5.69 Å². The second kappa shape index (κ2) is 9.59. The fraction of sp³-hybridized carbons (Fsp3) is 0.273. The Bertz CT molecular complexity index is 1140. The van der Waals surface area contributed by atoms with Crippen molar-refractivity contribution in [3.63, 3.8) is 0 Å². The zero-order valence-electron chi connectivity index (χ0n) is 17.8. The van der Waals surface area contributed by atoms with Crippen molar-refractivity contribution in [2.75, 3.05) is 14.2 Å². The third kappa shape index (κ3) is 5.30. The lowest BCUT2D eigenvalue weighted by atomic mass is 10.2. The van der Waals surface area contributed by atoms with Gasteiger partial charge in [0.15, 0.2) is 0 Å². The minimum absolute atomic E-state index is 0.134. The largest absolute Gasteiger partial charge is 0.497 e. The molecule has 3 aromatic rings. The Morgan fingerprint density at radius 3 is 2.35 bits per heavy atom. The number of amides is 1. The van der Waals surface area contributed by atoms with E-state index >= 15 is 0 Å². The molecule has 0 atom stereocenters. The SMILES string of the molecule is COc1ccc(-c2nc(C(=O)NCc3ccc(S(=O)(=O)N(C)C(C)C)cc3)cs2)cc1. The molecule has 0 radical (unpaired) electrons. The zero-order valence-corrected chi connectivity index (χ0v) is 19.5. The van der Waals surface area contributed by atoms with Gasteiger partial charge in [-0.05, 0) is 55.8 Å². The highest BCUT2D eigenvalue weighted by molar-refractivity contribution is 7.89. The molecule has 0 saturated heterocycles. The van der Waals surface area contributed by atoms with Gasteiger partial charge in [-0.25, -0.2) is 13.4 Å². The number of aromatic nitrogens is 1. The molecular formula is C22H25N3O4S2. The highest BCUT2D eigenvalue weighted by atomic mass is 32.2. The van der Waals surface area contributed by atoms with E-state index < -0.39 is 10.0 Å². The molecule has 0 aliphatic carbocycles. The minimum atomic E-state index is -3.53. The number of carbonyl (C=O) groups excluding carboxylic acids is 1. The smallest absolute Gasteiger partial charge is 0.271 e. The van der Waals surface area contributed by atoms with Gasteiger partial charge in [0.05, 0.1) is 12.0 Å². The lowest BCUT2D eigenvalue weighted by molar-refractivity contribution is 0.0946. The van der Waals surface area contributed by atoms with E-state index in [2.05, 4.69) is 10.3 Å². The Morgan fingerprint density at radius 1 is 1.13 bits per heavy atom.